The van der Waals surface area contributed by atoms with Crippen molar-refractivity contribution >= 4 is 43.6 Å². The van der Waals surface area contributed by atoms with E-state index in [9.17, 15) is 0 Å². The average molecular weight is 982 g/mol. The summed E-state index contributed by atoms with van der Waals surface area (Å²) in [4.78, 5) is 16.1. The van der Waals surface area contributed by atoms with Crippen LogP contribution in [0, 0.1) is 0 Å². The highest BCUT2D eigenvalue weighted by molar-refractivity contribution is 6.20. The number of aromatic nitrogens is 5. The van der Waals surface area contributed by atoms with E-state index in [-0.39, 0.29) is 5.41 Å². The first kappa shape index (κ1) is 43.4. The lowest BCUT2D eigenvalue weighted by Crippen LogP contribution is -2.14. The number of para-hydroxylation sites is 1. The van der Waals surface area contributed by atoms with Gasteiger partial charge in [-0.25, -0.2) is 4.98 Å². The third-order valence-electron chi connectivity index (χ3n) is 16.6. The summed E-state index contributed by atoms with van der Waals surface area (Å²) >= 11 is 0. The Bertz CT molecular complexity index is 4690. The summed E-state index contributed by atoms with van der Waals surface area (Å²) in [7, 11) is 0. The highest BCUT2D eigenvalue weighted by Crippen LogP contribution is 2.53. The molecule has 0 aliphatic heterocycles. The molecule has 16 rings (SSSR count). The third-order valence-corrected chi connectivity index (χ3v) is 16.6. The zero-order chi connectivity index (χ0) is 50.9. The van der Waals surface area contributed by atoms with Crippen LogP contribution in [-0.4, -0.2) is 24.1 Å². The molecule has 0 amide bonds. The molecule has 0 spiro atoms. The normalized spacial score (nSPS) is 12.9. The van der Waals surface area contributed by atoms with Crippen molar-refractivity contribution in [3.63, 3.8) is 0 Å². The molecular formula is C72H47N5. The van der Waals surface area contributed by atoms with Gasteiger partial charge in [0.25, 0.3) is 0 Å². The molecule has 2 aliphatic rings. The first-order valence-electron chi connectivity index (χ1n) is 26.5. The second-order valence-corrected chi connectivity index (χ2v) is 21.1. The van der Waals surface area contributed by atoms with Crippen molar-refractivity contribution in [2.24, 2.45) is 0 Å². The van der Waals surface area contributed by atoms with E-state index in [1.807, 2.05) is 36.4 Å². The van der Waals surface area contributed by atoms with E-state index in [2.05, 4.69) is 235 Å². The summed E-state index contributed by atoms with van der Waals surface area (Å²) in [6, 6.07) is 90.5. The Morgan fingerprint density at radius 3 is 1.36 bits per heavy atom. The van der Waals surface area contributed by atoms with Crippen LogP contribution in [0.4, 0.5) is 0 Å². The number of benzene rings is 11. The predicted molar refractivity (Wildman–Crippen MR) is 318 cm³/mol. The molecule has 0 atom stereocenters. The zero-order valence-corrected chi connectivity index (χ0v) is 42.4. The van der Waals surface area contributed by atoms with Crippen LogP contribution in [0.2, 0.25) is 0 Å². The second kappa shape index (κ2) is 16.5. The Kier molecular flexibility index (Phi) is 9.32. The van der Waals surface area contributed by atoms with Crippen LogP contribution in [-0.2, 0) is 5.41 Å². The largest absolute Gasteiger partial charge is 0.309 e. The van der Waals surface area contributed by atoms with E-state index in [0.717, 1.165) is 66.4 Å². The van der Waals surface area contributed by atoms with Crippen molar-refractivity contribution in [2.75, 3.05) is 0 Å². The lowest BCUT2D eigenvalue weighted by Gasteiger charge is -2.24. The third kappa shape index (κ3) is 6.44. The molecule has 5 heteroatoms. The summed E-state index contributed by atoms with van der Waals surface area (Å²) < 4.78 is 4.77. The SMILES string of the molecule is CC1(C)c2ccccc2-c2cc3c4cc(-c5ccc6c(c5)c5ccc7c(c5n6-c5nc(-c6ccccc6)nc(-c6ccccc6)n5)-c5ccccc5-c5ccccc5-c5ccccc5-7)ccc4n(-c4ccccc4)c3cc21. The molecule has 360 valence electrons. The highest BCUT2D eigenvalue weighted by atomic mass is 15.2. The van der Waals surface area contributed by atoms with E-state index in [1.54, 1.807) is 0 Å². The van der Waals surface area contributed by atoms with Gasteiger partial charge in [-0.15, -0.1) is 0 Å². The fourth-order valence-corrected chi connectivity index (χ4v) is 13.0. The molecule has 2 aliphatic carbocycles. The van der Waals surface area contributed by atoms with Gasteiger partial charge in [-0.05, 0) is 121 Å². The summed E-state index contributed by atoms with van der Waals surface area (Å²) in [6.45, 7) is 4.73. The molecule has 0 N–H and O–H groups in total. The van der Waals surface area contributed by atoms with E-state index in [0.29, 0.717) is 17.6 Å². The van der Waals surface area contributed by atoms with E-state index in [1.165, 1.54) is 71.9 Å². The Balaban J connectivity index is 0.993. The minimum atomic E-state index is -0.126. The molecule has 77 heavy (non-hydrogen) atoms. The van der Waals surface area contributed by atoms with Gasteiger partial charge in [0.05, 0.1) is 22.1 Å². The van der Waals surface area contributed by atoms with Crippen LogP contribution in [0.15, 0.2) is 249 Å². The minimum Gasteiger partial charge on any atom is -0.309 e. The molecule has 5 nitrogen and oxygen atoms in total. The quantitative estimate of drug-likeness (QED) is 0.173. The maximum Gasteiger partial charge on any atom is 0.238 e. The zero-order valence-electron chi connectivity index (χ0n) is 42.4. The number of fused-ring (bicyclic) bond motifs is 18. The van der Waals surface area contributed by atoms with Crippen molar-refractivity contribution in [3.05, 3.63) is 260 Å². The lowest BCUT2D eigenvalue weighted by molar-refractivity contribution is 0.661. The van der Waals surface area contributed by atoms with Gasteiger partial charge in [0.15, 0.2) is 11.6 Å². The van der Waals surface area contributed by atoms with E-state index in [4.69, 9.17) is 15.0 Å². The molecule has 3 aromatic heterocycles. The number of hydrogen-bond acceptors (Lipinski definition) is 3. The molecule has 11 aromatic carbocycles. The molecule has 0 radical (unpaired) electrons. The molecule has 0 bridgehead atoms. The lowest BCUT2D eigenvalue weighted by atomic mass is 9.80. The maximum atomic E-state index is 5.46. The molecule has 0 unspecified atom stereocenters. The van der Waals surface area contributed by atoms with Gasteiger partial charge in [0, 0.05) is 49.3 Å². The van der Waals surface area contributed by atoms with Crippen LogP contribution in [0.1, 0.15) is 25.0 Å². The van der Waals surface area contributed by atoms with Crippen LogP contribution in [0.25, 0.3) is 145 Å². The summed E-state index contributed by atoms with van der Waals surface area (Å²) in [6.07, 6.45) is 0. The van der Waals surface area contributed by atoms with Gasteiger partial charge in [0.2, 0.25) is 5.95 Å². The van der Waals surface area contributed by atoms with Crippen LogP contribution >= 0.6 is 0 Å². The standard InChI is InChI=1S/C72H47N5/c1-72(2)62-33-19-18-31-54(62)58-42-61-60-41-47(34-38-64(60)76(66(61)43-63(58)72)48-24-10-5-11-25-48)46-35-39-65-59(40-46)57-37-36-56-53-30-15-14-28-51(53)49-26-12-13-27-50(49)52-29-16-17-32-55(52)67(56)68(57)77(65)71-74-69(44-20-6-3-7-21-44)73-70(75-71)45-22-8-4-9-23-45/h3-43H,1-2H3. The summed E-state index contributed by atoms with van der Waals surface area (Å²) in [5.74, 6) is 1.78. The van der Waals surface area contributed by atoms with E-state index >= 15 is 0 Å². The molecule has 0 fully saturated rings. The van der Waals surface area contributed by atoms with Crippen molar-refractivity contribution in [2.45, 2.75) is 19.3 Å². The fourth-order valence-electron chi connectivity index (χ4n) is 13.0. The Labute approximate surface area is 445 Å². The Morgan fingerprint density at radius 2 is 0.766 bits per heavy atom. The number of rotatable bonds is 5. The molecule has 0 saturated heterocycles. The van der Waals surface area contributed by atoms with Crippen LogP contribution in [0.5, 0.6) is 0 Å². The second-order valence-electron chi connectivity index (χ2n) is 21.1. The smallest absolute Gasteiger partial charge is 0.238 e. The van der Waals surface area contributed by atoms with Crippen molar-refractivity contribution in [1.29, 1.82) is 0 Å². The first-order chi connectivity index (χ1) is 38.0. The van der Waals surface area contributed by atoms with Gasteiger partial charge < -0.3 is 4.57 Å². The highest BCUT2D eigenvalue weighted by Gasteiger charge is 2.36. The van der Waals surface area contributed by atoms with Crippen LogP contribution < -0.4 is 0 Å². The van der Waals surface area contributed by atoms with E-state index < -0.39 is 0 Å². The minimum absolute atomic E-state index is 0.126. The average Bonchev–Trinajstić information content (AvgIpc) is 4.23. The Morgan fingerprint density at radius 1 is 0.299 bits per heavy atom. The van der Waals surface area contributed by atoms with Crippen molar-refractivity contribution < 1.29 is 0 Å². The maximum absolute atomic E-state index is 5.46. The number of nitrogens with zero attached hydrogens (tertiary/aromatic N) is 5. The summed E-state index contributed by atoms with van der Waals surface area (Å²) in [5, 5.41) is 4.69. The van der Waals surface area contributed by atoms with Gasteiger partial charge >= 0.3 is 0 Å². The molecule has 0 saturated carbocycles. The first-order valence-corrected chi connectivity index (χ1v) is 26.5. The topological polar surface area (TPSA) is 48.5 Å². The van der Waals surface area contributed by atoms with Gasteiger partial charge in [-0.3, -0.25) is 4.57 Å². The molecule has 14 aromatic rings. The predicted octanol–water partition coefficient (Wildman–Crippen LogP) is 18.4. The number of hydrogen-bond donors (Lipinski definition) is 0. The molecule has 3 heterocycles. The van der Waals surface area contributed by atoms with Gasteiger partial charge in [0.1, 0.15) is 0 Å². The van der Waals surface area contributed by atoms with Crippen molar-refractivity contribution in [3.8, 4) is 101 Å². The summed E-state index contributed by atoms with van der Waals surface area (Å²) in [5.41, 5.74) is 24.4. The monoisotopic (exact) mass is 981 g/mol. The van der Waals surface area contributed by atoms with Crippen molar-refractivity contribution in [1.82, 2.24) is 24.1 Å². The van der Waals surface area contributed by atoms with Gasteiger partial charge in [-0.2, -0.15) is 9.97 Å². The molecular weight excluding hydrogens is 935 g/mol. The van der Waals surface area contributed by atoms with Gasteiger partial charge in [-0.1, -0.05) is 214 Å². The van der Waals surface area contributed by atoms with Crippen LogP contribution in [0.3, 0.4) is 0 Å². The Hall–Kier alpha value is -9.97. The fraction of sp³-hybridized carbons (Fsp3) is 0.0417.